The van der Waals surface area contributed by atoms with Crippen molar-refractivity contribution >= 4 is 5.91 Å². The Labute approximate surface area is 101 Å². The van der Waals surface area contributed by atoms with E-state index >= 15 is 0 Å². The van der Waals surface area contributed by atoms with Gasteiger partial charge in [-0.2, -0.15) is 13.2 Å². The van der Waals surface area contributed by atoms with Gasteiger partial charge in [-0.25, -0.2) is 4.39 Å². The van der Waals surface area contributed by atoms with Crippen molar-refractivity contribution in [1.29, 1.82) is 0 Å². The molecule has 1 saturated heterocycles. The Morgan fingerprint density at radius 3 is 2.39 bits per heavy atom. The highest BCUT2D eigenvalue weighted by Gasteiger charge is 2.53. The monoisotopic (exact) mass is 261 g/mol. The number of carbonyl (C=O) groups is 1. The van der Waals surface area contributed by atoms with E-state index in [0.29, 0.717) is 10.5 Å². The smallest absolute Gasteiger partial charge is 0.324 e. The molecule has 0 N–H and O–H groups in total. The van der Waals surface area contributed by atoms with E-state index in [9.17, 15) is 22.4 Å². The van der Waals surface area contributed by atoms with Gasteiger partial charge >= 0.3 is 6.18 Å². The summed E-state index contributed by atoms with van der Waals surface area (Å²) in [5, 5.41) is 0. The summed E-state index contributed by atoms with van der Waals surface area (Å²) < 4.78 is 51.3. The van der Waals surface area contributed by atoms with Gasteiger partial charge in [-0.3, -0.25) is 4.79 Å². The largest absolute Gasteiger partial charge is 0.408 e. The number of benzene rings is 1. The standard InChI is InChI=1S/C12H11F4NO/c13-9-6-10(12(14,15)16)17(11(9)18)7-8-4-2-1-3-5-8/h1-5,9-10H,6-7H2/t9?,10-/m0/s1. The highest BCUT2D eigenvalue weighted by molar-refractivity contribution is 5.83. The third kappa shape index (κ3) is 2.47. The molecule has 1 heterocycles. The molecule has 1 aromatic carbocycles. The second kappa shape index (κ2) is 4.59. The molecule has 0 spiro atoms. The molecule has 0 radical (unpaired) electrons. The molecule has 1 aliphatic rings. The van der Waals surface area contributed by atoms with Crippen molar-refractivity contribution in [3.05, 3.63) is 35.9 Å². The minimum atomic E-state index is -4.59. The van der Waals surface area contributed by atoms with Crippen LogP contribution < -0.4 is 0 Å². The fraction of sp³-hybridized carbons (Fsp3) is 0.417. The molecular weight excluding hydrogens is 250 g/mol. The average molecular weight is 261 g/mol. The third-order valence-electron chi connectivity index (χ3n) is 2.93. The number of halogens is 4. The van der Waals surface area contributed by atoms with Gasteiger partial charge in [0.2, 0.25) is 0 Å². The zero-order valence-corrected chi connectivity index (χ0v) is 9.32. The molecule has 2 atom stereocenters. The number of hydrogen-bond donors (Lipinski definition) is 0. The van der Waals surface area contributed by atoms with E-state index in [0.717, 1.165) is 0 Å². The number of amides is 1. The van der Waals surface area contributed by atoms with E-state index in [-0.39, 0.29) is 6.54 Å². The van der Waals surface area contributed by atoms with Gasteiger partial charge in [0.15, 0.2) is 6.17 Å². The molecule has 2 nitrogen and oxygen atoms in total. The Morgan fingerprint density at radius 2 is 1.83 bits per heavy atom. The lowest BCUT2D eigenvalue weighted by Gasteiger charge is -2.26. The molecule has 1 fully saturated rings. The second-order valence-corrected chi connectivity index (χ2v) is 4.21. The quantitative estimate of drug-likeness (QED) is 0.749. The van der Waals surface area contributed by atoms with Gasteiger partial charge in [0.25, 0.3) is 5.91 Å². The first-order valence-corrected chi connectivity index (χ1v) is 5.45. The Hall–Kier alpha value is -1.59. The van der Waals surface area contributed by atoms with Gasteiger partial charge in [0.05, 0.1) is 0 Å². The highest BCUT2D eigenvalue weighted by atomic mass is 19.4. The first-order chi connectivity index (χ1) is 8.39. The van der Waals surface area contributed by atoms with E-state index < -0.39 is 30.7 Å². The summed E-state index contributed by atoms with van der Waals surface area (Å²) in [6.45, 7) is -0.218. The first kappa shape index (κ1) is 12.9. The summed E-state index contributed by atoms with van der Waals surface area (Å²) in [5.41, 5.74) is 0.550. The molecule has 1 aromatic rings. The van der Waals surface area contributed by atoms with Crippen molar-refractivity contribution in [1.82, 2.24) is 4.90 Å². The summed E-state index contributed by atoms with van der Waals surface area (Å²) in [6.07, 6.45) is -7.46. The normalized spacial score (nSPS) is 24.7. The molecule has 0 aromatic heterocycles. The van der Waals surface area contributed by atoms with Crippen LogP contribution in [0.4, 0.5) is 17.6 Å². The first-order valence-electron chi connectivity index (χ1n) is 5.45. The van der Waals surface area contributed by atoms with Crippen molar-refractivity contribution in [2.45, 2.75) is 31.4 Å². The fourth-order valence-corrected chi connectivity index (χ4v) is 2.04. The van der Waals surface area contributed by atoms with Gasteiger partial charge in [0.1, 0.15) is 6.04 Å². The maximum Gasteiger partial charge on any atom is 0.408 e. The third-order valence-corrected chi connectivity index (χ3v) is 2.93. The van der Waals surface area contributed by atoms with Crippen molar-refractivity contribution in [3.63, 3.8) is 0 Å². The summed E-state index contributed by atoms with van der Waals surface area (Å²) in [5.74, 6) is -1.08. The lowest BCUT2D eigenvalue weighted by atomic mass is 10.1. The van der Waals surface area contributed by atoms with Gasteiger partial charge < -0.3 is 4.90 Å². The summed E-state index contributed by atoms with van der Waals surface area (Å²) in [7, 11) is 0. The number of likely N-dealkylation sites (tertiary alicyclic amines) is 1. The maximum absolute atomic E-state index is 13.2. The van der Waals surface area contributed by atoms with Gasteiger partial charge in [-0.15, -0.1) is 0 Å². The second-order valence-electron chi connectivity index (χ2n) is 4.21. The molecule has 0 aliphatic carbocycles. The zero-order valence-electron chi connectivity index (χ0n) is 9.32. The van der Waals surface area contributed by atoms with Gasteiger partial charge in [-0.1, -0.05) is 30.3 Å². The highest BCUT2D eigenvalue weighted by Crippen LogP contribution is 2.35. The summed E-state index contributed by atoms with van der Waals surface area (Å²) >= 11 is 0. The number of rotatable bonds is 2. The van der Waals surface area contributed by atoms with Crippen LogP contribution >= 0.6 is 0 Å². The van der Waals surface area contributed by atoms with E-state index in [1.807, 2.05) is 0 Å². The Morgan fingerprint density at radius 1 is 1.22 bits per heavy atom. The lowest BCUT2D eigenvalue weighted by Crippen LogP contribution is -2.42. The average Bonchev–Trinajstić information content (AvgIpc) is 2.58. The SMILES string of the molecule is O=C1C(F)C[C@@H](C(F)(F)F)N1Cc1ccccc1. The molecule has 98 valence electrons. The van der Waals surface area contributed by atoms with Crippen molar-refractivity contribution in [2.75, 3.05) is 0 Å². The predicted octanol–water partition coefficient (Wildman–Crippen LogP) is 2.69. The number of carbonyl (C=O) groups excluding carboxylic acids is 1. The van der Waals surface area contributed by atoms with Crippen molar-refractivity contribution < 1.29 is 22.4 Å². The van der Waals surface area contributed by atoms with Gasteiger partial charge in [0, 0.05) is 13.0 Å². The maximum atomic E-state index is 13.2. The molecule has 1 amide bonds. The Bertz CT molecular complexity index is 431. The molecular formula is C12H11F4NO. The molecule has 0 bridgehead atoms. The van der Waals surface area contributed by atoms with Crippen molar-refractivity contribution in [2.24, 2.45) is 0 Å². The lowest BCUT2D eigenvalue weighted by molar-refractivity contribution is -0.181. The molecule has 2 rings (SSSR count). The van der Waals surface area contributed by atoms with E-state index in [2.05, 4.69) is 0 Å². The predicted molar refractivity (Wildman–Crippen MR) is 56.3 cm³/mol. The van der Waals surface area contributed by atoms with Crippen LogP contribution in [0.2, 0.25) is 0 Å². The van der Waals surface area contributed by atoms with Crippen LogP contribution in [-0.2, 0) is 11.3 Å². The van der Waals surface area contributed by atoms with Crippen LogP contribution in [0.15, 0.2) is 30.3 Å². The van der Waals surface area contributed by atoms with E-state index in [4.69, 9.17) is 0 Å². The molecule has 6 heteroatoms. The number of alkyl halides is 4. The molecule has 18 heavy (non-hydrogen) atoms. The molecule has 0 saturated carbocycles. The van der Waals surface area contributed by atoms with E-state index in [1.54, 1.807) is 30.3 Å². The molecule has 1 unspecified atom stereocenters. The minimum absolute atomic E-state index is 0.218. The topological polar surface area (TPSA) is 20.3 Å². The van der Waals surface area contributed by atoms with Crippen LogP contribution in [0, 0.1) is 0 Å². The van der Waals surface area contributed by atoms with E-state index in [1.165, 1.54) is 0 Å². The van der Waals surface area contributed by atoms with Crippen LogP contribution in [-0.4, -0.2) is 29.2 Å². The number of nitrogens with zero attached hydrogens (tertiary/aromatic N) is 1. The van der Waals surface area contributed by atoms with Crippen molar-refractivity contribution in [3.8, 4) is 0 Å². The van der Waals surface area contributed by atoms with Gasteiger partial charge in [-0.05, 0) is 5.56 Å². The van der Waals surface area contributed by atoms with Crippen LogP contribution in [0.3, 0.4) is 0 Å². The minimum Gasteiger partial charge on any atom is -0.324 e. The summed E-state index contributed by atoms with van der Waals surface area (Å²) in [4.78, 5) is 12.0. The fourth-order valence-electron chi connectivity index (χ4n) is 2.04. The van der Waals surface area contributed by atoms with Crippen LogP contribution in [0.5, 0.6) is 0 Å². The summed E-state index contributed by atoms with van der Waals surface area (Å²) in [6, 6.07) is 6.21. The Kier molecular flexibility index (Phi) is 3.28. The van der Waals surface area contributed by atoms with Crippen LogP contribution in [0.1, 0.15) is 12.0 Å². The molecule has 1 aliphatic heterocycles. The Balaban J connectivity index is 2.20. The zero-order chi connectivity index (χ0) is 13.3. The van der Waals surface area contributed by atoms with Crippen LogP contribution in [0.25, 0.3) is 0 Å². The number of hydrogen-bond acceptors (Lipinski definition) is 1.